The summed E-state index contributed by atoms with van der Waals surface area (Å²) in [5.74, 6) is 4.51. The minimum atomic E-state index is -1.76. The monoisotopic (exact) mass is 628 g/mol. The van der Waals surface area contributed by atoms with Gasteiger partial charge in [0.2, 0.25) is 0 Å². The maximum absolute atomic E-state index is 6.08. The normalized spacial score (nSPS) is 35.7. The Bertz CT molecular complexity index is 1220. The summed E-state index contributed by atoms with van der Waals surface area (Å²) >= 11 is 0. The van der Waals surface area contributed by atoms with Crippen LogP contribution in [0, 0.1) is 35.5 Å². The molecule has 0 amide bonds. The molecule has 0 bridgehead atoms. The number of ether oxygens (including phenoxy) is 1. The summed E-state index contributed by atoms with van der Waals surface area (Å²) in [4.78, 5) is 0. The zero-order valence-electron chi connectivity index (χ0n) is 29.4. The van der Waals surface area contributed by atoms with E-state index in [0.29, 0.717) is 5.92 Å². The second-order valence-corrected chi connectivity index (χ2v) is 28.4. The van der Waals surface area contributed by atoms with Gasteiger partial charge in [0.1, 0.15) is 0 Å². The van der Waals surface area contributed by atoms with E-state index in [1.807, 2.05) is 5.57 Å². The molecule has 242 valence electrons. The quantitative estimate of drug-likeness (QED) is 0.126. The van der Waals surface area contributed by atoms with Crippen LogP contribution in [0.5, 0.6) is 0 Å². The van der Waals surface area contributed by atoms with E-state index in [4.69, 9.17) is 4.74 Å². The molecule has 6 aliphatic carbocycles. The van der Waals surface area contributed by atoms with Crippen LogP contribution in [0.25, 0.3) is 0 Å². The number of allylic oxidation sites excluding steroid dienone is 12. The fourth-order valence-electron chi connectivity index (χ4n) is 10.9. The standard InChI is InChI=1S/C41H64OSi2/c1-41(2,3)42-24-16-8-9-17-25-44(7,39-28-32(29-43(4,5)6)33-20-12-14-22-35(33)39)40-36-23-15-13-21-34(36)37-26-30-18-10-11-19-31(30)27-38(37)40/h12-13,15,20-23,26-27,32-34,36-40H,8-11,14,16-19,24-25,28-29H2,1-7H3. The van der Waals surface area contributed by atoms with Crippen LogP contribution in [-0.2, 0) is 4.74 Å². The van der Waals surface area contributed by atoms with Gasteiger partial charge in [0, 0.05) is 20.6 Å². The van der Waals surface area contributed by atoms with Crippen molar-refractivity contribution in [2.24, 2.45) is 35.5 Å². The number of fused-ring (bicyclic) bond motifs is 5. The van der Waals surface area contributed by atoms with Gasteiger partial charge in [-0.1, -0.05) is 118 Å². The van der Waals surface area contributed by atoms with Crippen LogP contribution in [0.3, 0.4) is 0 Å². The van der Waals surface area contributed by atoms with Gasteiger partial charge >= 0.3 is 0 Å². The zero-order valence-corrected chi connectivity index (χ0v) is 31.4. The topological polar surface area (TPSA) is 9.23 Å². The number of rotatable bonds is 11. The van der Waals surface area contributed by atoms with Gasteiger partial charge in [0.05, 0.1) is 13.7 Å². The maximum Gasteiger partial charge on any atom is 0.0621 e. The van der Waals surface area contributed by atoms with Crippen molar-refractivity contribution < 1.29 is 4.74 Å². The van der Waals surface area contributed by atoms with Crippen molar-refractivity contribution >= 4 is 16.1 Å². The molecule has 44 heavy (non-hydrogen) atoms. The van der Waals surface area contributed by atoms with Crippen LogP contribution in [0.4, 0.5) is 0 Å². The minimum Gasteiger partial charge on any atom is -0.376 e. The minimum absolute atomic E-state index is 0.0161. The predicted octanol–water partition coefficient (Wildman–Crippen LogP) is 12.1. The maximum atomic E-state index is 6.08. The Kier molecular flexibility index (Phi) is 9.79. The Morgan fingerprint density at radius 2 is 1.48 bits per heavy atom. The van der Waals surface area contributed by atoms with E-state index < -0.39 is 16.1 Å². The summed E-state index contributed by atoms with van der Waals surface area (Å²) in [6.45, 7) is 18.3. The van der Waals surface area contributed by atoms with E-state index >= 15 is 0 Å². The predicted molar refractivity (Wildman–Crippen MR) is 197 cm³/mol. The lowest BCUT2D eigenvalue weighted by atomic mass is 9.75. The highest BCUT2D eigenvalue weighted by Crippen LogP contribution is 2.66. The molecule has 3 heteroatoms. The van der Waals surface area contributed by atoms with Crippen LogP contribution in [0.2, 0.25) is 49.4 Å². The summed E-state index contributed by atoms with van der Waals surface area (Å²) in [6, 6.07) is 3.01. The van der Waals surface area contributed by atoms with Gasteiger partial charge in [-0.15, -0.1) is 0 Å². The van der Waals surface area contributed by atoms with Gasteiger partial charge in [0.15, 0.2) is 0 Å². The molecule has 0 radical (unpaired) electrons. The third kappa shape index (κ3) is 6.91. The molecular formula is C41H64OSi2. The lowest BCUT2D eigenvalue weighted by Gasteiger charge is -2.46. The molecule has 0 aromatic heterocycles. The molecule has 0 aliphatic heterocycles. The fourth-order valence-corrected chi connectivity index (χ4v) is 19.4. The molecule has 0 aromatic rings. The highest BCUT2D eigenvalue weighted by molar-refractivity contribution is 6.82. The Morgan fingerprint density at radius 3 is 2.18 bits per heavy atom. The summed E-state index contributed by atoms with van der Waals surface area (Å²) in [5.41, 5.74) is 7.11. The molecule has 3 saturated carbocycles. The van der Waals surface area contributed by atoms with E-state index in [1.165, 1.54) is 76.3 Å². The molecular weight excluding hydrogens is 565 g/mol. The van der Waals surface area contributed by atoms with Crippen molar-refractivity contribution in [3.05, 3.63) is 71.4 Å². The van der Waals surface area contributed by atoms with E-state index in [-0.39, 0.29) is 5.60 Å². The highest BCUT2D eigenvalue weighted by atomic mass is 28.3. The lowest BCUT2D eigenvalue weighted by Crippen LogP contribution is -2.46. The van der Waals surface area contributed by atoms with Crippen LogP contribution >= 0.6 is 0 Å². The molecule has 3 fully saturated rings. The smallest absolute Gasteiger partial charge is 0.0621 e. The molecule has 6 aliphatic rings. The van der Waals surface area contributed by atoms with Gasteiger partial charge < -0.3 is 4.74 Å². The van der Waals surface area contributed by atoms with Gasteiger partial charge in [-0.25, -0.2) is 0 Å². The third-order valence-electron chi connectivity index (χ3n) is 12.5. The van der Waals surface area contributed by atoms with Crippen molar-refractivity contribution in [1.29, 1.82) is 0 Å². The largest absolute Gasteiger partial charge is 0.376 e. The first-order valence-corrected chi connectivity index (χ1v) is 25.3. The van der Waals surface area contributed by atoms with E-state index in [2.05, 4.69) is 102 Å². The second kappa shape index (κ2) is 13.1. The van der Waals surface area contributed by atoms with Crippen molar-refractivity contribution in [2.75, 3.05) is 6.61 Å². The first-order chi connectivity index (χ1) is 20.9. The first kappa shape index (κ1) is 32.8. The summed E-state index contributed by atoms with van der Waals surface area (Å²) < 4.78 is 6.08. The molecule has 1 nitrogen and oxygen atoms in total. The molecule has 0 heterocycles. The number of hydrogen-bond acceptors (Lipinski definition) is 1. The second-order valence-electron chi connectivity index (χ2n) is 18.0. The van der Waals surface area contributed by atoms with Crippen molar-refractivity contribution in [1.82, 2.24) is 0 Å². The van der Waals surface area contributed by atoms with Crippen molar-refractivity contribution in [2.45, 2.75) is 140 Å². The molecule has 0 aromatic carbocycles. The average Bonchev–Trinajstić information content (AvgIpc) is 3.50. The van der Waals surface area contributed by atoms with Crippen LogP contribution < -0.4 is 0 Å². The van der Waals surface area contributed by atoms with E-state index in [1.54, 1.807) is 11.1 Å². The lowest BCUT2D eigenvalue weighted by molar-refractivity contribution is -0.00471. The average molecular weight is 629 g/mol. The first-order valence-electron chi connectivity index (χ1n) is 18.7. The fraction of sp³-hybridized carbons (Fsp3) is 0.707. The number of hydrogen-bond donors (Lipinski definition) is 0. The van der Waals surface area contributed by atoms with Gasteiger partial charge in [-0.3, -0.25) is 0 Å². The van der Waals surface area contributed by atoms with Gasteiger partial charge in [-0.2, -0.15) is 0 Å². The van der Waals surface area contributed by atoms with Gasteiger partial charge in [-0.05, 0) is 118 Å². The van der Waals surface area contributed by atoms with Crippen LogP contribution in [0.15, 0.2) is 71.4 Å². The molecule has 9 unspecified atom stereocenters. The summed E-state index contributed by atoms with van der Waals surface area (Å²) in [7, 11) is -2.90. The Balaban J connectivity index is 1.31. The molecule has 9 atom stereocenters. The summed E-state index contributed by atoms with van der Waals surface area (Å²) in [6.07, 6.45) is 37.2. The Morgan fingerprint density at radius 1 is 0.795 bits per heavy atom. The van der Waals surface area contributed by atoms with Crippen LogP contribution in [-0.4, -0.2) is 28.4 Å². The number of unbranched alkanes of at least 4 members (excludes halogenated alkanes) is 3. The third-order valence-corrected chi connectivity index (χ3v) is 20.2. The van der Waals surface area contributed by atoms with Crippen LogP contribution in [0.1, 0.15) is 85.0 Å². The molecule has 0 N–H and O–H groups in total. The SMILES string of the molecule is CC(C)(C)OCCCCCC[Si](C)(C1CC(C[Si](C)(C)C)C2C=CCC=C21)C1C2C=CC=CC2C2C=C3CCCCC3=CC21. The summed E-state index contributed by atoms with van der Waals surface area (Å²) in [5, 5.41) is 0. The Hall–Kier alpha value is -1.17. The Labute approximate surface area is 273 Å². The van der Waals surface area contributed by atoms with Crippen molar-refractivity contribution in [3.8, 4) is 0 Å². The van der Waals surface area contributed by atoms with Gasteiger partial charge in [0.25, 0.3) is 0 Å². The molecule has 0 spiro atoms. The van der Waals surface area contributed by atoms with E-state index in [9.17, 15) is 0 Å². The van der Waals surface area contributed by atoms with E-state index in [0.717, 1.165) is 47.3 Å². The van der Waals surface area contributed by atoms with Crippen molar-refractivity contribution in [3.63, 3.8) is 0 Å². The molecule has 6 rings (SSSR count). The highest BCUT2D eigenvalue weighted by Gasteiger charge is 2.60. The zero-order chi connectivity index (χ0) is 31.1. The molecule has 0 saturated heterocycles.